The van der Waals surface area contributed by atoms with E-state index in [1.807, 2.05) is 32.2 Å². The average molecular weight is 335 g/mol. The standard InChI is InChI=1S/C18H21N7/c1-12-9-14(17-20-10-13(2)23-17)24-18(22-12)15-5-3-4-8-25(15)16-6-7-19-11-21-16/h6-7,9-11,15H,3-5,8H2,1-2H3,(H,20,23)/t15-/m0/s1. The lowest BCUT2D eigenvalue weighted by Crippen LogP contribution is -2.35. The van der Waals surface area contributed by atoms with Crippen molar-refractivity contribution >= 4 is 5.82 Å². The van der Waals surface area contributed by atoms with Crippen molar-refractivity contribution in [2.24, 2.45) is 0 Å². The summed E-state index contributed by atoms with van der Waals surface area (Å²) in [5, 5.41) is 0. The highest BCUT2D eigenvalue weighted by Gasteiger charge is 2.28. The summed E-state index contributed by atoms with van der Waals surface area (Å²) in [7, 11) is 0. The number of imidazole rings is 1. The molecule has 1 N–H and O–H groups in total. The number of H-pyrrole nitrogens is 1. The van der Waals surface area contributed by atoms with Crippen LogP contribution in [0.2, 0.25) is 0 Å². The lowest BCUT2D eigenvalue weighted by molar-refractivity contribution is 0.452. The lowest BCUT2D eigenvalue weighted by atomic mass is 10.0. The Kier molecular flexibility index (Phi) is 4.13. The molecule has 1 aliphatic rings. The van der Waals surface area contributed by atoms with Gasteiger partial charge in [0, 0.05) is 30.3 Å². The molecule has 0 radical (unpaired) electrons. The number of aromatic amines is 1. The van der Waals surface area contributed by atoms with Crippen LogP contribution in [-0.2, 0) is 0 Å². The molecule has 1 fully saturated rings. The topological polar surface area (TPSA) is 83.5 Å². The van der Waals surface area contributed by atoms with Crippen molar-refractivity contribution in [1.82, 2.24) is 29.9 Å². The summed E-state index contributed by atoms with van der Waals surface area (Å²) >= 11 is 0. The molecule has 1 aliphatic heterocycles. The fourth-order valence-corrected chi connectivity index (χ4v) is 3.33. The maximum absolute atomic E-state index is 4.83. The second-order valence-corrected chi connectivity index (χ2v) is 6.44. The van der Waals surface area contributed by atoms with Gasteiger partial charge in [-0.2, -0.15) is 0 Å². The van der Waals surface area contributed by atoms with Crippen LogP contribution in [0.25, 0.3) is 11.5 Å². The van der Waals surface area contributed by atoms with Crippen LogP contribution >= 0.6 is 0 Å². The number of aryl methyl sites for hydroxylation is 2. The fourth-order valence-electron chi connectivity index (χ4n) is 3.33. The maximum atomic E-state index is 4.83. The zero-order valence-corrected chi connectivity index (χ0v) is 14.5. The molecule has 25 heavy (non-hydrogen) atoms. The van der Waals surface area contributed by atoms with Crippen molar-refractivity contribution in [2.45, 2.75) is 39.2 Å². The summed E-state index contributed by atoms with van der Waals surface area (Å²) in [6, 6.07) is 4.04. The largest absolute Gasteiger partial charge is 0.346 e. The first-order valence-electron chi connectivity index (χ1n) is 8.61. The molecule has 0 aromatic carbocycles. The Labute approximate surface area is 146 Å². The lowest BCUT2D eigenvalue weighted by Gasteiger charge is -2.35. The van der Waals surface area contributed by atoms with Gasteiger partial charge in [-0.05, 0) is 45.2 Å². The van der Waals surface area contributed by atoms with Gasteiger partial charge in [0.1, 0.15) is 17.8 Å². The van der Waals surface area contributed by atoms with Crippen molar-refractivity contribution in [2.75, 3.05) is 11.4 Å². The smallest absolute Gasteiger partial charge is 0.156 e. The van der Waals surface area contributed by atoms with Crippen molar-refractivity contribution in [1.29, 1.82) is 0 Å². The highest BCUT2D eigenvalue weighted by atomic mass is 15.2. The number of nitrogens with one attached hydrogen (secondary N) is 1. The Morgan fingerprint density at radius 3 is 2.84 bits per heavy atom. The molecule has 3 aromatic rings. The van der Waals surface area contributed by atoms with Gasteiger partial charge in [0.2, 0.25) is 0 Å². The van der Waals surface area contributed by atoms with Crippen LogP contribution in [0.1, 0.15) is 42.5 Å². The summed E-state index contributed by atoms with van der Waals surface area (Å²) < 4.78 is 0. The summed E-state index contributed by atoms with van der Waals surface area (Å²) in [5.41, 5.74) is 2.80. The molecule has 0 amide bonds. The average Bonchev–Trinajstić information content (AvgIpc) is 3.08. The summed E-state index contributed by atoms with van der Waals surface area (Å²) in [5.74, 6) is 2.55. The monoisotopic (exact) mass is 335 g/mol. The van der Waals surface area contributed by atoms with Gasteiger partial charge >= 0.3 is 0 Å². The van der Waals surface area contributed by atoms with Gasteiger partial charge in [-0.3, -0.25) is 0 Å². The second kappa shape index (κ2) is 6.58. The third-order valence-electron chi connectivity index (χ3n) is 4.48. The second-order valence-electron chi connectivity index (χ2n) is 6.44. The minimum atomic E-state index is 0.123. The maximum Gasteiger partial charge on any atom is 0.156 e. The van der Waals surface area contributed by atoms with E-state index in [1.165, 1.54) is 6.42 Å². The summed E-state index contributed by atoms with van der Waals surface area (Å²) in [6.07, 6.45) is 8.52. The van der Waals surface area contributed by atoms with E-state index in [0.717, 1.165) is 53.9 Å². The Morgan fingerprint density at radius 1 is 1.16 bits per heavy atom. The van der Waals surface area contributed by atoms with E-state index in [1.54, 1.807) is 12.5 Å². The van der Waals surface area contributed by atoms with Gasteiger partial charge < -0.3 is 9.88 Å². The predicted molar refractivity (Wildman–Crippen MR) is 95.1 cm³/mol. The Hall–Kier alpha value is -2.83. The number of hydrogen-bond donors (Lipinski definition) is 1. The molecule has 128 valence electrons. The third kappa shape index (κ3) is 3.22. The van der Waals surface area contributed by atoms with E-state index in [9.17, 15) is 0 Å². The SMILES string of the molecule is Cc1cc(-c2ncc(C)[nH]2)nc([C@@H]2CCCCN2c2ccncn2)n1. The van der Waals surface area contributed by atoms with Gasteiger partial charge in [0.05, 0.1) is 6.04 Å². The highest BCUT2D eigenvalue weighted by molar-refractivity contribution is 5.50. The van der Waals surface area contributed by atoms with Crippen LogP contribution < -0.4 is 4.90 Å². The molecule has 4 rings (SSSR count). The molecule has 0 saturated carbocycles. The van der Waals surface area contributed by atoms with E-state index in [4.69, 9.17) is 9.97 Å². The van der Waals surface area contributed by atoms with Crippen molar-refractivity contribution < 1.29 is 0 Å². The Morgan fingerprint density at radius 2 is 2.08 bits per heavy atom. The third-order valence-corrected chi connectivity index (χ3v) is 4.48. The van der Waals surface area contributed by atoms with Crippen molar-refractivity contribution in [3.63, 3.8) is 0 Å². The van der Waals surface area contributed by atoms with Gasteiger partial charge in [-0.25, -0.2) is 24.9 Å². The molecule has 3 aromatic heterocycles. The summed E-state index contributed by atoms with van der Waals surface area (Å²) in [6.45, 7) is 4.94. The molecule has 4 heterocycles. The van der Waals surface area contributed by atoms with E-state index in [-0.39, 0.29) is 6.04 Å². The van der Waals surface area contributed by atoms with Crippen molar-refractivity contribution in [3.8, 4) is 11.5 Å². The van der Waals surface area contributed by atoms with E-state index >= 15 is 0 Å². The molecule has 1 saturated heterocycles. The molecule has 7 heteroatoms. The number of hydrogen-bond acceptors (Lipinski definition) is 6. The highest BCUT2D eigenvalue weighted by Crippen LogP contribution is 2.33. The first-order valence-corrected chi connectivity index (χ1v) is 8.61. The van der Waals surface area contributed by atoms with Crippen LogP contribution in [0, 0.1) is 13.8 Å². The molecule has 0 spiro atoms. The molecule has 0 unspecified atom stereocenters. The molecule has 0 aliphatic carbocycles. The molecule has 1 atom stereocenters. The molecular weight excluding hydrogens is 314 g/mol. The van der Waals surface area contributed by atoms with E-state index in [0.29, 0.717) is 0 Å². The minimum absolute atomic E-state index is 0.123. The number of aromatic nitrogens is 6. The van der Waals surface area contributed by atoms with E-state index in [2.05, 4.69) is 24.8 Å². The quantitative estimate of drug-likeness (QED) is 0.792. The van der Waals surface area contributed by atoms with Crippen LogP contribution in [0.3, 0.4) is 0 Å². The zero-order chi connectivity index (χ0) is 17.2. The first-order chi connectivity index (χ1) is 12.2. The summed E-state index contributed by atoms with van der Waals surface area (Å²) in [4.78, 5) is 28.0. The zero-order valence-electron chi connectivity index (χ0n) is 14.5. The Balaban J connectivity index is 1.73. The Bertz CT molecular complexity index is 859. The first kappa shape index (κ1) is 15.7. The van der Waals surface area contributed by atoms with Gasteiger partial charge in [0.15, 0.2) is 11.6 Å². The van der Waals surface area contributed by atoms with Gasteiger partial charge in [-0.15, -0.1) is 0 Å². The van der Waals surface area contributed by atoms with Crippen LogP contribution in [-0.4, -0.2) is 36.4 Å². The number of anilines is 1. The minimum Gasteiger partial charge on any atom is -0.346 e. The molecule has 0 bridgehead atoms. The number of nitrogens with zero attached hydrogens (tertiary/aromatic N) is 6. The van der Waals surface area contributed by atoms with E-state index < -0.39 is 0 Å². The van der Waals surface area contributed by atoms with Crippen molar-refractivity contribution in [3.05, 3.63) is 48.1 Å². The number of piperidine rings is 1. The fraction of sp³-hybridized carbons (Fsp3) is 0.389. The normalized spacial score (nSPS) is 17.7. The molecule has 7 nitrogen and oxygen atoms in total. The van der Waals surface area contributed by atoms with Gasteiger partial charge in [0.25, 0.3) is 0 Å². The van der Waals surface area contributed by atoms with Crippen LogP contribution in [0.4, 0.5) is 5.82 Å². The predicted octanol–water partition coefficient (Wildman–Crippen LogP) is 3.01. The van der Waals surface area contributed by atoms with Gasteiger partial charge in [-0.1, -0.05) is 0 Å². The van der Waals surface area contributed by atoms with Crippen LogP contribution in [0.15, 0.2) is 30.9 Å². The molecular formula is C18H21N7. The van der Waals surface area contributed by atoms with Crippen LogP contribution in [0.5, 0.6) is 0 Å². The number of rotatable bonds is 3.